The van der Waals surface area contributed by atoms with Crippen molar-refractivity contribution >= 4 is 45.8 Å². The highest BCUT2D eigenvalue weighted by molar-refractivity contribution is 14.1. The van der Waals surface area contributed by atoms with Gasteiger partial charge in [0.2, 0.25) is 0 Å². The Kier molecular flexibility index (Phi) is 4.83. The van der Waals surface area contributed by atoms with Crippen LogP contribution in [0, 0.1) is 8.80 Å². The highest BCUT2D eigenvalue weighted by atomic mass is 127. The Balaban J connectivity index is 2.17. The third-order valence-corrected chi connectivity index (χ3v) is 5.44. The minimum Gasteiger partial charge on any atom is -0.480 e. The molecule has 0 saturated carbocycles. The third kappa shape index (κ3) is 3.28. The number of hydrogen-bond donors (Lipinski definition) is 1. The van der Waals surface area contributed by atoms with Crippen molar-refractivity contribution in [3.8, 4) is 0 Å². The summed E-state index contributed by atoms with van der Waals surface area (Å²) in [6.45, 7) is 2.61. The molecule has 1 saturated heterocycles. The van der Waals surface area contributed by atoms with Crippen LogP contribution in [-0.2, 0) is 4.79 Å². The maximum Gasteiger partial charge on any atom is 0.326 e. The lowest BCUT2D eigenvalue weighted by molar-refractivity contribution is -0.144. The second-order valence-corrected chi connectivity index (χ2v) is 7.60. The number of hydrogen-bond acceptors (Lipinski definition) is 3. The topological polar surface area (TPSA) is 57.6 Å². The first-order valence-corrected chi connectivity index (χ1v) is 8.26. The number of halogens is 1. The van der Waals surface area contributed by atoms with Crippen molar-refractivity contribution in [1.82, 2.24) is 4.90 Å². The molecule has 2 rings (SSSR count). The lowest BCUT2D eigenvalue weighted by atomic mass is 9.88. The molecule has 1 aliphatic heterocycles. The van der Waals surface area contributed by atoms with E-state index in [2.05, 4.69) is 29.5 Å². The van der Waals surface area contributed by atoms with Crippen LogP contribution in [0.15, 0.2) is 11.4 Å². The average molecular weight is 393 g/mol. The van der Waals surface area contributed by atoms with E-state index in [0.717, 1.165) is 15.7 Å². The molecule has 1 aromatic heterocycles. The fraction of sp³-hybridized carbons (Fsp3) is 0.538. The van der Waals surface area contributed by atoms with E-state index in [0.29, 0.717) is 24.4 Å². The normalized spacial score (nSPS) is 23.4. The molecular formula is C13H16INO3S. The number of carbonyl (C=O) groups excluding carboxylic acids is 1. The second kappa shape index (κ2) is 6.21. The molecule has 1 aliphatic rings. The Labute approximate surface area is 129 Å². The summed E-state index contributed by atoms with van der Waals surface area (Å²) in [6.07, 6.45) is 2.44. The van der Waals surface area contributed by atoms with Gasteiger partial charge in [-0.05, 0) is 47.4 Å². The number of carbonyl (C=O) groups is 2. The molecule has 1 fully saturated rings. The standard InChI is InChI=1S/C13H16INO3S/c1-2-8-3-4-15(10(5-8)13(17)18)12(16)9-6-11(14)19-7-9/h6-8,10H,2-5H2,1H3,(H,17,18). The molecule has 0 radical (unpaired) electrons. The maximum absolute atomic E-state index is 12.4. The summed E-state index contributed by atoms with van der Waals surface area (Å²) in [7, 11) is 0. The minimum atomic E-state index is -0.892. The van der Waals surface area contributed by atoms with Gasteiger partial charge in [0.05, 0.1) is 8.45 Å². The predicted octanol–water partition coefficient (Wildman–Crippen LogP) is 3.07. The molecule has 2 heterocycles. The molecule has 2 unspecified atom stereocenters. The van der Waals surface area contributed by atoms with Crippen molar-refractivity contribution in [3.63, 3.8) is 0 Å². The van der Waals surface area contributed by atoms with Gasteiger partial charge in [0.25, 0.3) is 5.91 Å². The van der Waals surface area contributed by atoms with Crippen LogP contribution >= 0.6 is 33.9 Å². The Morgan fingerprint density at radius 3 is 2.84 bits per heavy atom. The Bertz CT molecular complexity index is 488. The first kappa shape index (κ1) is 14.8. The lowest BCUT2D eigenvalue weighted by Crippen LogP contribution is -2.50. The Morgan fingerprint density at radius 1 is 1.58 bits per heavy atom. The highest BCUT2D eigenvalue weighted by Crippen LogP contribution is 2.28. The number of carboxylic acid groups (broad SMARTS) is 1. The van der Waals surface area contributed by atoms with Gasteiger partial charge in [0.15, 0.2) is 0 Å². The number of amides is 1. The summed E-state index contributed by atoms with van der Waals surface area (Å²) < 4.78 is 1.04. The highest BCUT2D eigenvalue weighted by Gasteiger charge is 2.36. The largest absolute Gasteiger partial charge is 0.480 e. The second-order valence-electron chi connectivity index (χ2n) is 4.79. The maximum atomic E-state index is 12.4. The molecule has 1 aromatic rings. The number of thiophene rings is 1. The summed E-state index contributed by atoms with van der Waals surface area (Å²) in [5.41, 5.74) is 0.607. The average Bonchev–Trinajstić information content (AvgIpc) is 2.83. The van der Waals surface area contributed by atoms with E-state index in [9.17, 15) is 14.7 Å². The van der Waals surface area contributed by atoms with Gasteiger partial charge in [-0.15, -0.1) is 11.3 Å². The summed E-state index contributed by atoms with van der Waals surface area (Å²) in [4.78, 5) is 25.3. The zero-order chi connectivity index (χ0) is 14.0. The number of likely N-dealkylation sites (tertiary alicyclic amines) is 1. The molecule has 6 heteroatoms. The zero-order valence-electron chi connectivity index (χ0n) is 10.6. The van der Waals surface area contributed by atoms with Crippen LogP contribution in [0.4, 0.5) is 0 Å². The van der Waals surface area contributed by atoms with Gasteiger partial charge in [-0.25, -0.2) is 4.79 Å². The lowest BCUT2D eigenvalue weighted by Gasteiger charge is -2.36. The first-order valence-electron chi connectivity index (χ1n) is 6.30. The van der Waals surface area contributed by atoms with Gasteiger partial charge in [-0.3, -0.25) is 4.79 Å². The van der Waals surface area contributed by atoms with Gasteiger partial charge < -0.3 is 10.0 Å². The summed E-state index contributed by atoms with van der Waals surface area (Å²) in [5, 5.41) is 11.1. The quantitative estimate of drug-likeness (QED) is 0.804. The van der Waals surface area contributed by atoms with E-state index in [1.807, 2.05) is 6.07 Å². The van der Waals surface area contributed by atoms with Crippen LogP contribution in [0.25, 0.3) is 0 Å². The van der Waals surface area contributed by atoms with Gasteiger partial charge in [-0.2, -0.15) is 0 Å². The molecule has 0 aromatic carbocycles. The van der Waals surface area contributed by atoms with Gasteiger partial charge in [0, 0.05) is 11.9 Å². The minimum absolute atomic E-state index is 0.152. The number of piperidine rings is 1. The van der Waals surface area contributed by atoms with Crippen molar-refractivity contribution in [2.75, 3.05) is 6.54 Å². The molecule has 19 heavy (non-hydrogen) atoms. The van der Waals surface area contributed by atoms with Gasteiger partial charge in [0.1, 0.15) is 6.04 Å². The number of rotatable bonds is 3. The van der Waals surface area contributed by atoms with Crippen molar-refractivity contribution in [3.05, 3.63) is 19.9 Å². The molecule has 1 amide bonds. The van der Waals surface area contributed by atoms with Crippen LogP contribution in [0.5, 0.6) is 0 Å². The van der Waals surface area contributed by atoms with Crippen LogP contribution in [-0.4, -0.2) is 34.5 Å². The molecular weight excluding hydrogens is 377 g/mol. The summed E-state index contributed by atoms with van der Waals surface area (Å²) in [6, 6.07) is 1.14. The summed E-state index contributed by atoms with van der Waals surface area (Å²) in [5.74, 6) is -0.634. The number of aliphatic carboxylic acids is 1. The van der Waals surface area contributed by atoms with E-state index >= 15 is 0 Å². The zero-order valence-corrected chi connectivity index (χ0v) is 13.6. The van der Waals surface area contributed by atoms with Crippen LogP contribution in [0.1, 0.15) is 36.5 Å². The van der Waals surface area contributed by atoms with Crippen LogP contribution < -0.4 is 0 Å². The molecule has 0 spiro atoms. The molecule has 1 N–H and O–H groups in total. The molecule has 2 atom stereocenters. The third-order valence-electron chi connectivity index (χ3n) is 3.65. The van der Waals surface area contributed by atoms with Crippen molar-refractivity contribution in [2.45, 2.75) is 32.2 Å². The monoisotopic (exact) mass is 393 g/mol. The van der Waals surface area contributed by atoms with Crippen LogP contribution in [0.3, 0.4) is 0 Å². The van der Waals surface area contributed by atoms with E-state index in [1.54, 1.807) is 5.38 Å². The van der Waals surface area contributed by atoms with Gasteiger partial charge >= 0.3 is 5.97 Å². The Hall–Kier alpha value is -0.630. The molecule has 104 valence electrons. The predicted molar refractivity (Wildman–Crippen MR) is 82.5 cm³/mol. The van der Waals surface area contributed by atoms with E-state index in [4.69, 9.17) is 0 Å². The number of nitrogens with zero attached hydrogens (tertiary/aromatic N) is 1. The Morgan fingerprint density at radius 2 is 2.32 bits per heavy atom. The van der Waals surface area contributed by atoms with E-state index < -0.39 is 12.0 Å². The van der Waals surface area contributed by atoms with Crippen LogP contribution in [0.2, 0.25) is 0 Å². The van der Waals surface area contributed by atoms with E-state index in [1.165, 1.54) is 16.2 Å². The summed E-state index contributed by atoms with van der Waals surface area (Å²) >= 11 is 3.67. The molecule has 0 bridgehead atoms. The fourth-order valence-corrected chi connectivity index (χ4v) is 3.79. The fourth-order valence-electron chi connectivity index (χ4n) is 2.47. The number of carboxylic acids is 1. The first-order chi connectivity index (χ1) is 9.02. The van der Waals surface area contributed by atoms with Gasteiger partial charge in [-0.1, -0.05) is 13.3 Å². The van der Waals surface area contributed by atoms with Crippen molar-refractivity contribution in [2.24, 2.45) is 5.92 Å². The smallest absolute Gasteiger partial charge is 0.326 e. The molecule has 4 nitrogen and oxygen atoms in total. The van der Waals surface area contributed by atoms with E-state index in [-0.39, 0.29) is 5.91 Å². The molecule has 0 aliphatic carbocycles. The van der Waals surface area contributed by atoms with Crippen molar-refractivity contribution < 1.29 is 14.7 Å². The van der Waals surface area contributed by atoms with Crippen molar-refractivity contribution in [1.29, 1.82) is 0 Å². The SMILES string of the molecule is CCC1CCN(C(=O)c2csc(I)c2)C(C(=O)O)C1.